The Balaban J connectivity index is 1.66. The third kappa shape index (κ3) is 3.09. The summed E-state index contributed by atoms with van der Waals surface area (Å²) in [5, 5.41) is 4.32. The number of fused-ring (bicyclic) bond motifs is 1. The molecule has 4 rings (SSSR count). The molecule has 1 aliphatic carbocycles. The van der Waals surface area contributed by atoms with Gasteiger partial charge in [0, 0.05) is 24.0 Å². The molecule has 6 nitrogen and oxygen atoms in total. The highest BCUT2D eigenvalue weighted by molar-refractivity contribution is 5.91. The lowest BCUT2D eigenvalue weighted by molar-refractivity contribution is 0.0717. The van der Waals surface area contributed by atoms with Gasteiger partial charge in [-0.1, -0.05) is 12.1 Å². The quantitative estimate of drug-likeness (QED) is 0.733. The Morgan fingerprint density at radius 3 is 2.80 bits per heavy atom. The van der Waals surface area contributed by atoms with Crippen LogP contribution in [0.2, 0.25) is 0 Å². The van der Waals surface area contributed by atoms with Gasteiger partial charge in [-0.05, 0) is 50.5 Å². The van der Waals surface area contributed by atoms with Crippen LogP contribution in [-0.2, 0) is 6.54 Å². The molecule has 0 N–H and O–H groups in total. The largest absolute Gasteiger partial charge is 0.329 e. The first-order valence-electron chi connectivity index (χ1n) is 8.28. The number of halogens is 1. The molecule has 2 heterocycles. The zero-order chi connectivity index (χ0) is 17.6. The number of benzene rings is 1. The Hall–Kier alpha value is -2.83. The van der Waals surface area contributed by atoms with Gasteiger partial charge in [-0.25, -0.2) is 13.9 Å². The Morgan fingerprint density at radius 1 is 1.28 bits per heavy atom. The number of rotatable bonds is 4. The topological polar surface area (TPSA) is 63.4 Å². The van der Waals surface area contributed by atoms with Gasteiger partial charge in [0.15, 0.2) is 0 Å². The minimum absolute atomic E-state index is 0.129. The molecule has 2 aromatic heterocycles. The van der Waals surface area contributed by atoms with E-state index in [1.807, 2.05) is 26.0 Å². The normalized spacial score (nSPS) is 14.0. The van der Waals surface area contributed by atoms with E-state index in [9.17, 15) is 9.18 Å². The lowest BCUT2D eigenvalue weighted by Crippen LogP contribution is -2.33. The Kier molecular flexibility index (Phi) is 3.71. The average molecular weight is 339 g/mol. The summed E-state index contributed by atoms with van der Waals surface area (Å²) in [6, 6.07) is 8.37. The van der Waals surface area contributed by atoms with E-state index in [0.29, 0.717) is 12.3 Å². The van der Waals surface area contributed by atoms with Crippen LogP contribution in [-0.4, -0.2) is 36.4 Å². The minimum Gasteiger partial charge on any atom is -0.329 e. The van der Waals surface area contributed by atoms with E-state index in [-0.39, 0.29) is 23.6 Å². The highest BCUT2D eigenvalue weighted by Gasteiger charge is 2.35. The van der Waals surface area contributed by atoms with Crippen molar-refractivity contribution in [3.63, 3.8) is 0 Å². The lowest BCUT2D eigenvalue weighted by atomic mass is 10.2. The molecule has 0 radical (unpaired) electrons. The molecule has 0 bridgehead atoms. The Morgan fingerprint density at radius 2 is 2.08 bits per heavy atom. The van der Waals surface area contributed by atoms with Crippen molar-refractivity contribution in [2.45, 2.75) is 39.3 Å². The van der Waals surface area contributed by atoms with Gasteiger partial charge < -0.3 is 4.90 Å². The molecule has 1 fully saturated rings. The van der Waals surface area contributed by atoms with Crippen molar-refractivity contribution in [1.29, 1.82) is 0 Å². The van der Waals surface area contributed by atoms with Gasteiger partial charge in [-0.15, -0.1) is 5.10 Å². The first-order valence-corrected chi connectivity index (χ1v) is 8.28. The van der Waals surface area contributed by atoms with Crippen LogP contribution >= 0.6 is 0 Å². The SMILES string of the molecule is Cc1cc(C)n2nc(C(=O)N(Cc3cccc(F)c3)C3CC3)nc2n1. The van der Waals surface area contributed by atoms with Crippen molar-refractivity contribution in [3.05, 3.63) is 58.9 Å². The summed E-state index contributed by atoms with van der Waals surface area (Å²) in [5.41, 5.74) is 2.46. The number of aryl methyl sites for hydroxylation is 2. The molecule has 0 atom stereocenters. The molecule has 7 heteroatoms. The fourth-order valence-corrected chi connectivity index (χ4v) is 2.97. The van der Waals surface area contributed by atoms with E-state index < -0.39 is 0 Å². The molecule has 1 aromatic carbocycles. The highest BCUT2D eigenvalue weighted by Crippen LogP contribution is 2.29. The molecular formula is C18H18FN5O. The fourth-order valence-electron chi connectivity index (χ4n) is 2.97. The number of aromatic nitrogens is 4. The molecule has 25 heavy (non-hydrogen) atoms. The minimum atomic E-state index is -0.304. The van der Waals surface area contributed by atoms with Crippen LogP contribution in [0.3, 0.4) is 0 Å². The summed E-state index contributed by atoms with van der Waals surface area (Å²) in [4.78, 5) is 23.3. The summed E-state index contributed by atoms with van der Waals surface area (Å²) in [5.74, 6) is 0.00280. The van der Waals surface area contributed by atoms with Gasteiger partial charge in [0.1, 0.15) is 5.82 Å². The summed E-state index contributed by atoms with van der Waals surface area (Å²) in [6.07, 6.45) is 1.90. The summed E-state index contributed by atoms with van der Waals surface area (Å²) in [7, 11) is 0. The highest BCUT2D eigenvalue weighted by atomic mass is 19.1. The molecule has 0 unspecified atom stereocenters. The third-order valence-electron chi connectivity index (χ3n) is 4.30. The van der Waals surface area contributed by atoms with Crippen LogP contribution in [0.5, 0.6) is 0 Å². The maximum atomic E-state index is 13.4. The van der Waals surface area contributed by atoms with Crippen molar-refractivity contribution in [1.82, 2.24) is 24.5 Å². The predicted molar refractivity (Wildman–Crippen MR) is 89.6 cm³/mol. The smallest absolute Gasteiger partial charge is 0.294 e. The van der Waals surface area contributed by atoms with E-state index in [0.717, 1.165) is 29.8 Å². The molecule has 0 spiro atoms. The Labute approximate surface area is 144 Å². The number of hydrogen-bond acceptors (Lipinski definition) is 4. The van der Waals surface area contributed by atoms with Crippen molar-refractivity contribution < 1.29 is 9.18 Å². The van der Waals surface area contributed by atoms with Gasteiger partial charge in [-0.3, -0.25) is 4.79 Å². The molecule has 0 saturated heterocycles. The second-order valence-corrected chi connectivity index (χ2v) is 6.48. The summed E-state index contributed by atoms with van der Waals surface area (Å²) < 4.78 is 15.0. The van der Waals surface area contributed by atoms with Crippen molar-refractivity contribution >= 4 is 11.7 Å². The van der Waals surface area contributed by atoms with E-state index in [4.69, 9.17) is 0 Å². The first kappa shape index (κ1) is 15.7. The maximum Gasteiger partial charge on any atom is 0.294 e. The number of nitrogens with zero attached hydrogens (tertiary/aromatic N) is 5. The molecule has 1 amide bonds. The van der Waals surface area contributed by atoms with E-state index >= 15 is 0 Å². The standard InChI is InChI=1S/C18H18FN5O/c1-11-8-12(2)24-18(20-11)21-16(22-24)17(25)23(15-6-7-15)10-13-4-3-5-14(19)9-13/h3-5,8-9,15H,6-7,10H2,1-2H3. The monoisotopic (exact) mass is 339 g/mol. The maximum absolute atomic E-state index is 13.4. The van der Waals surface area contributed by atoms with Gasteiger partial charge in [-0.2, -0.15) is 4.98 Å². The van der Waals surface area contributed by atoms with Crippen molar-refractivity contribution in [2.24, 2.45) is 0 Å². The van der Waals surface area contributed by atoms with Gasteiger partial charge in [0.05, 0.1) is 0 Å². The molecule has 1 saturated carbocycles. The van der Waals surface area contributed by atoms with Crippen LogP contribution in [0.4, 0.5) is 4.39 Å². The number of carbonyl (C=O) groups excluding carboxylic acids is 1. The lowest BCUT2D eigenvalue weighted by Gasteiger charge is -2.21. The van der Waals surface area contributed by atoms with Crippen LogP contribution in [0, 0.1) is 19.7 Å². The molecule has 3 aromatic rings. The predicted octanol–water partition coefficient (Wildman–Crippen LogP) is 2.69. The van der Waals surface area contributed by atoms with Crippen molar-refractivity contribution in [2.75, 3.05) is 0 Å². The first-order chi connectivity index (χ1) is 12.0. The van der Waals surface area contributed by atoms with Crippen LogP contribution in [0.1, 0.15) is 40.4 Å². The Bertz CT molecular complexity index is 963. The van der Waals surface area contributed by atoms with Crippen LogP contribution in [0.25, 0.3) is 5.78 Å². The zero-order valence-electron chi connectivity index (χ0n) is 14.1. The van der Waals surface area contributed by atoms with E-state index in [2.05, 4.69) is 15.1 Å². The number of amides is 1. The van der Waals surface area contributed by atoms with Crippen LogP contribution < -0.4 is 0 Å². The van der Waals surface area contributed by atoms with Gasteiger partial charge >= 0.3 is 0 Å². The van der Waals surface area contributed by atoms with Gasteiger partial charge in [0.2, 0.25) is 5.82 Å². The second-order valence-electron chi connectivity index (χ2n) is 6.48. The van der Waals surface area contributed by atoms with E-state index in [1.165, 1.54) is 12.1 Å². The number of carbonyl (C=O) groups is 1. The zero-order valence-corrected chi connectivity index (χ0v) is 14.1. The average Bonchev–Trinajstić information content (AvgIpc) is 3.31. The van der Waals surface area contributed by atoms with E-state index in [1.54, 1.807) is 15.5 Å². The van der Waals surface area contributed by atoms with Crippen LogP contribution in [0.15, 0.2) is 30.3 Å². The molecule has 0 aliphatic heterocycles. The fraction of sp³-hybridized carbons (Fsp3) is 0.333. The number of hydrogen-bond donors (Lipinski definition) is 0. The molecular weight excluding hydrogens is 321 g/mol. The second kappa shape index (κ2) is 5.91. The summed E-state index contributed by atoms with van der Waals surface area (Å²) in [6.45, 7) is 4.13. The molecule has 1 aliphatic rings. The third-order valence-corrected chi connectivity index (χ3v) is 4.30. The van der Waals surface area contributed by atoms with Crippen molar-refractivity contribution in [3.8, 4) is 0 Å². The van der Waals surface area contributed by atoms with Gasteiger partial charge in [0.25, 0.3) is 11.7 Å². The summed E-state index contributed by atoms with van der Waals surface area (Å²) >= 11 is 0. The molecule has 128 valence electrons.